The van der Waals surface area contributed by atoms with E-state index in [9.17, 15) is 4.79 Å². The van der Waals surface area contributed by atoms with Crippen LogP contribution in [0.15, 0.2) is 30.3 Å². The number of hydrogen-bond donors (Lipinski definition) is 0. The van der Waals surface area contributed by atoms with Crippen molar-refractivity contribution < 1.29 is 9.53 Å². The van der Waals surface area contributed by atoms with Crippen molar-refractivity contribution >= 4 is 17.3 Å². The molecule has 1 aromatic heterocycles. The fourth-order valence-electron chi connectivity index (χ4n) is 2.59. The van der Waals surface area contributed by atoms with Crippen LogP contribution in [0.3, 0.4) is 0 Å². The van der Waals surface area contributed by atoms with Crippen molar-refractivity contribution in [2.24, 2.45) is 0 Å². The second kappa shape index (κ2) is 5.75. The highest BCUT2D eigenvalue weighted by molar-refractivity contribution is 7.15. The summed E-state index contributed by atoms with van der Waals surface area (Å²) in [5, 5.41) is 1.01. The molecule has 104 valence electrons. The largest absolute Gasteiger partial charge is 0.465 e. The Morgan fingerprint density at radius 1 is 1.40 bits per heavy atom. The van der Waals surface area contributed by atoms with E-state index in [-0.39, 0.29) is 11.9 Å². The lowest BCUT2D eigenvalue weighted by Gasteiger charge is -2.19. The highest BCUT2D eigenvalue weighted by Crippen LogP contribution is 2.38. The lowest BCUT2D eigenvalue weighted by molar-refractivity contribution is -0.145. The van der Waals surface area contributed by atoms with E-state index in [0.717, 1.165) is 35.5 Å². The van der Waals surface area contributed by atoms with Crippen LogP contribution in [0.2, 0.25) is 0 Å². The van der Waals surface area contributed by atoms with Gasteiger partial charge in [-0.3, -0.25) is 4.79 Å². The maximum Gasteiger partial charge on any atom is 0.315 e. The summed E-state index contributed by atoms with van der Waals surface area (Å²) in [5.41, 5.74) is 2.06. The number of carbonyl (C=O) groups excluding carboxylic acids is 1. The predicted molar refractivity (Wildman–Crippen MR) is 79.9 cm³/mol. The number of fused-ring (bicyclic) bond motifs is 1. The summed E-state index contributed by atoms with van der Waals surface area (Å²) in [6.07, 6.45) is 2.91. The molecule has 3 rings (SSSR count). The summed E-state index contributed by atoms with van der Waals surface area (Å²) in [4.78, 5) is 18.0. The monoisotopic (exact) mass is 287 g/mol. The van der Waals surface area contributed by atoms with Gasteiger partial charge < -0.3 is 4.74 Å². The van der Waals surface area contributed by atoms with Gasteiger partial charge in [-0.2, -0.15) is 0 Å². The third-order valence-corrected chi connectivity index (χ3v) is 4.73. The average Bonchev–Trinajstić information content (AvgIpc) is 2.92. The zero-order valence-electron chi connectivity index (χ0n) is 11.5. The van der Waals surface area contributed by atoms with E-state index in [0.29, 0.717) is 6.61 Å². The highest BCUT2D eigenvalue weighted by atomic mass is 32.1. The number of ether oxygens (including phenoxy) is 1. The topological polar surface area (TPSA) is 39.2 Å². The van der Waals surface area contributed by atoms with Crippen LogP contribution in [0.1, 0.15) is 36.3 Å². The second-order valence-electron chi connectivity index (χ2n) is 4.89. The zero-order valence-corrected chi connectivity index (χ0v) is 12.3. The molecule has 4 heteroatoms. The molecule has 0 radical (unpaired) electrons. The quantitative estimate of drug-likeness (QED) is 0.806. The van der Waals surface area contributed by atoms with Crippen molar-refractivity contribution in [1.82, 2.24) is 4.98 Å². The molecule has 1 unspecified atom stereocenters. The third kappa shape index (κ3) is 2.48. The first-order chi connectivity index (χ1) is 9.79. The molecule has 0 spiro atoms. The van der Waals surface area contributed by atoms with E-state index in [1.807, 2.05) is 25.1 Å². The van der Waals surface area contributed by atoms with Crippen molar-refractivity contribution in [3.8, 4) is 10.6 Å². The molecule has 0 N–H and O–H groups in total. The normalized spacial score (nSPS) is 17.6. The van der Waals surface area contributed by atoms with E-state index in [1.165, 1.54) is 4.88 Å². The van der Waals surface area contributed by atoms with E-state index < -0.39 is 0 Å². The number of thiazole rings is 1. The zero-order chi connectivity index (χ0) is 13.9. The van der Waals surface area contributed by atoms with Gasteiger partial charge >= 0.3 is 5.97 Å². The second-order valence-corrected chi connectivity index (χ2v) is 5.97. The Kier molecular flexibility index (Phi) is 3.83. The van der Waals surface area contributed by atoms with Gasteiger partial charge in [0, 0.05) is 10.4 Å². The molecule has 0 fully saturated rings. The van der Waals surface area contributed by atoms with Gasteiger partial charge in [-0.15, -0.1) is 11.3 Å². The molecule has 0 amide bonds. The van der Waals surface area contributed by atoms with Crippen LogP contribution in [0.4, 0.5) is 0 Å². The van der Waals surface area contributed by atoms with Gasteiger partial charge in [0.05, 0.1) is 12.3 Å². The van der Waals surface area contributed by atoms with Crippen LogP contribution >= 0.6 is 11.3 Å². The predicted octanol–water partition coefficient (Wildman–Crippen LogP) is 3.79. The van der Waals surface area contributed by atoms with E-state index in [2.05, 4.69) is 12.1 Å². The first-order valence-corrected chi connectivity index (χ1v) is 7.83. The van der Waals surface area contributed by atoms with Crippen LogP contribution in [0, 0.1) is 0 Å². The Morgan fingerprint density at radius 2 is 2.20 bits per heavy atom. The van der Waals surface area contributed by atoms with Crippen molar-refractivity contribution in [2.45, 2.75) is 32.1 Å². The standard InChI is InChI=1S/C16H17NO2S/c1-2-19-16(18)12-9-6-10-13-14(12)17-15(20-13)11-7-4-3-5-8-11/h3-5,7-8,12H,2,6,9-10H2,1H3. The Morgan fingerprint density at radius 3 is 2.95 bits per heavy atom. The van der Waals surface area contributed by atoms with Crippen LogP contribution in [-0.2, 0) is 16.0 Å². The van der Waals surface area contributed by atoms with Crippen molar-refractivity contribution in [1.29, 1.82) is 0 Å². The Bertz CT molecular complexity index is 606. The molecule has 2 aromatic rings. The Hall–Kier alpha value is -1.68. The lowest BCUT2D eigenvalue weighted by Crippen LogP contribution is -2.20. The molecule has 1 heterocycles. The molecule has 0 saturated carbocycles. The first kappa shape index (κ1) is 13.3. The fraction of sp³-hybridized carbons (Fsp3) is 0.375. The van der Waals surface area contributed by atoms with Gasteiger partial charge in [-0.05, 0) is 26.2 Å². The van der Waals surface area contributed by atoms with Gasteiger partial charge in [-0.1, -0.05) is 30.3 Å². The minimum atomic E-state index is -0.174. The molecule has 0 bridgehead atoms. The van der Waals surface area contributed by atoms with Crippen molar-refractivity contribution in [3.63, 3.8) is 0 Å². The van der Waals surface area contributed by atoms with Crippen molar-refractivity contribution in [2.75, 3.05) is 6.61 Å². The molecule has 1 aromatic carbocycles. The maximum atomic E-state index is 12.0. The van der Waals surface area contributed by atoms with E-state index in [4.69, 9.17) is 9.72 Å². The number of nitrogens with zero attached hydrogens (tertiary/aromatic N) is 1. The van der Waals surface area contributed by atoms with Crippen LogP contribution < -0.4 is 0 Å². The van der Waals surface area contributed by atoms with Crippen LogP contribution in [0.25, 0.3) is 10.6 Å². The summed E-state index contributed by atoms with van der Waals surface area (Å²) >= 11 is 1.71. The third-order valence-electron chi connectivity index (χ3n) is 3.55. The summed E-state index contributed by atoms with van der Waals surface area (Å²) in [6, 6.07) is 10.1. The molecule has 3 nitrogen and oxygen atoms in total. The smallest absolute Gasteiger partial charge is 0.315 e. The minimum Gasteiger partial charge on any atom is -0.465 e. The number of aryl methyl sites for hydroxylation is 1. The van der Waals surface area contributed by atoms with E-state index >= 15 is 0 Å². The molecule has 1 aliphatic carbocycles. The minimum absolute atomic E-state index is 0.127. The molecule has 0 saturated heterocycles. The number of carbonyl (C=O) groups is 1. The number of hydrogen-bond acceptors (Lipinski definition) is 4. The summed E-state index contributed by atoms with van der Waals surface area (Å²) in [7, 11) is 0. The number of esters is 1. The van der Waals surface area contributed by atoms with Gasteiger partial charge in [0.2, 0.25) is 0 Å². The van der Waals surface area contributed by atoms with Crippen LogP contribution in [-0.4, -0.2) is 17.6 Å². The lowest BCUT2D eigenvalue weighted by atomic mass is 9.91. The number of benzene rings is 1. The van der Waals surface area contributed by atoms with Gasteiger partial charge in [0.25, 0.3) is 0 Å². The summed E-state index contributed by atoms with van der Waals surface area (Å²) < 4.78 is 5.18. The molecular formula is C16H17NO2S. The van der Waals surface area contributed by atoms with Gasteiger partial charge in [0.15, 0.2) is 0 Å². The molecule has 1 aliphatic rings. The number of rotatable bonds is 3. The maximum absolute atomic E-state index is 12.0. The average molecular weight is 287 g/mol. The van der Waals surface area contributed by atoms with Gasteiger partial charge in [0.1, 0.15) is 10.9 Å². The number of aromatic nitrogens is 1. The van der Waals surface area contributed by atoms with E-state index in [1.54, 1.807) is 11.3 Å². The first-order valence-electron chi connectivity index (χ1n) is 7.01. The Labute approximate surface area is 122 Å². The van der Waals surface area contributed by atoms with Crippen LogP contribution in [0.5, 0.6) is 0 Å². The molecule has 20 heavy (non-hydrogen) atoms. The van der Waals surface area contributed by atoms with Crippen molar-refractivity contribution in [3.05, 3.63) is 40.9 Å². The SMILES string of the molecule is CCOC(=O)C1CCCc2sc(-c3ccccc3)nc21. The summed E-state index contributed by atoms with van der Waals surface area (Å²) in [5.74, 6) is -0.300. The highest BCUT2D eigenvalue weighted by Gasteiger charge is 2.31. The molecule has 1 atom stereocenters. The Balaban J connectivity index is 1.95. The molecule has 0 aliphatic heterocycles. The fourth-order valence-corrected chi connectivity index (χ4v) is 3.77. The summed E-state index contributed by atoms with van der Waals surface area (Å²) in [6.45, 7) is 2.28. The molecular weight excluding hydrogens is 270 g/mol. The van der Waals surface area contributed by atoms with Gasteiger partial charge in [-0.25, -0.2) is 4.98 Å².